The van der Waals surface area contributed by atoms with Crippen LogP contribution in [0.4, 0.5) is 0 Å². The number of amides is 1. The van der Waals surface area contributed by atoms with E-state index in [0.717, 1.165) is 11.3 Å². The molecule has 106 valence electrons. The number of carbonyl (C=O) groups is 1. The number of aromatic nitrogens is 3. The highest BCUT2D eigenvalue weighted by Crippen LogP contribution is 2.12. The Morgan fingerprint density at radius 3 is 3.00 bits per heavy atom. The molecule has 0 aliphatic heterocycles. The van der Waals surface area contributed by atoms with Gasteiger partial charge in [-0.05, 0) is 24.6 Å². The predicted molar refractivity (Wildman–Crippen MR) is 74.1 cm³/mol. The van der Waals surface area contributed by atoms with Gasteiger partial charge in [0.25, 0.3) is 0 Å². The van der Waals surface area contributed by atoms with Crippen LogP contribution in [-0.4, -0.2) is 39.6 Å². The molecule has 2 rings (SSSR count). The Kier molecular flexibility index (Phi) is 4.70. The van der Waals surface area contributed by atoms with E-state index in [0.29, 0.717) is 25.4 Å². The van der Waals surface area contributed by atoms with Crippen molar-refractivity contribution in [1.29, 1.82) is 0 Å². The van der Waals surface area contributed by atoms with Crippen molar-refractivity contribution in [1.82, 2.24) is 20.1 Å². The third-order valence-electron chi connectivity index (χ3n) is 2.85. The lowest BCUT2D eigenvalue weighted by atomic mass is 10.2. The third-order valence-corrected chi connectivity index (χ3v) is 2.85. The average molecular weight is 274 g/mol. The number of hydrogen-bond donors (Lipinski definition) is 1. The Labute approximate surface area is 117 Å². The molecular weight excluding hydrogens is 256 g/mol. The van der Waals surface area contributed by atoms with Crippen LogP contribution in [0.25, 0.3) is 0 Å². The first kappa shape index (κ1) is 14.0. The summed E-state index contributed by atoms with van der Waals surface area (Å²) in [6.07, 6.45) is 1.76. The molecule has 0 aliphatic rings. The molecule has 1 aromatic heterocycles. The number of rotatable bonds is 6. The summed E-state index contributed by atoms with van der Waals surface area (Å²) in [5.41, 5.74) is 1.14. The Balaban J connectivity index is 1.74. The number of hydrogen-bond acceptors (Lipinski definition) is 4. The van der Waals surface area contributed by atoms with E-state index < -0.39 is 0 Å². The van der Waals surface area contributed by atoms with Crippen molar-refractivity contribution in [2.45, 2.75) is 19.9 Å². The summed E-state index contributed by atoms with van der Waals surface area (Å²) in [4.78, 5) is 17.5. The molecule has 2 aromatic rings. The normalized spacial score (nSPS) is 10.3. The minimum Gasteiger partial charge on any atom is -0.493 e. The summed E-state index contributed by atoms with van der Waals surface area (Å²) in [5.74, 6) is 1.46. The largest absolute Gasteiger partial charge is 0.493 e. The number of benzene rings is 1. The Morgan fingerprint density at radius 2 is 2.30 bits per heavy atom. The fraction of sp³-hybridized carbons (Fsp3) is 0.357. The zero-order chi connectivity index (χ0) is 14.4. The fourth-order valence-electron chi connectivity index (χ4n) is 1.77. The second-order valence-corrected chi connectivity index (χ2v) is 4.60. The van der Waals surface area contributed by atoms with E-state index in [4.69, 9.17) is 4.74 Å². The van der Waals surface area contributed by atoms with E-state index in [2.05, 4.69) is 15.2 Å². The highest BCUT2D eigenvalue weighted by atomic mass is 16.5. The van der Waals surface area contributed by atoms with Gasteiger partial charge in [-0.1, -0.05) is 12.1 Å². The summed E-state index contributed by atoms with van der Waals surface area (Å²) in [6, 6.07) is 7.77. The van der Waals surface area contributed by atoms with E-state index >= 15 is 0 Å². The number of aromatic amines is 1. The van der Waals surface area contributed by atoms with Crippen molar-refractivity contribution in [3.8, 4) is 5.75 Å². The topological polar surface area (TPSA) is 71.1 Å². The van der Waals surface area contributed by atoms with Crippen LogP contribution >= 0.6 is 0 Å². The van der Waals surface area contributed by atoms with Gasteiger partial charge in [0.15, 0.2) is 0 Å². The van der Waals surface area contributed by atoms with Gasteiger partial charge in [0.05, 0.1) is 19.6 Å². The number of H-pyrrole nitrogens is 1. The van der Waals surface area contributed by atoms with Crippen LogP contribution < -0.4 is 4.74 Å². The lowest BCUT2D eigenvalue weighted by molar-refractivity contribution is -0.131. The zero-order valence-corrected chi connectivity index (χ0v) is 11.7. The van der Waals surface area contributed by atoms with E-state index in [-0.39, 0.29) is 5.91 Å². The summed E-state index contributed by atoms with van der Waals surface area (Å²) in [7, 11) is 1.73. The second kappa shape index (κ2) is 6.70. The van der Waals surface area contributed by atoms with Crippen molar-refractivity contribution in [3.05, 3.63) is 42.0 Å². The first-order valence-corrected chi connectivity index (χ1v) is 6.43. The average Bonchev–Trinajstić information content (AvgIpc) is 2.91. The number of nitrogens with zero attached hydrogens (tertiary/aromatic N) is 3. The van der Waals surface area contributed by atoms with Crippen molar-refractivity contribution in [2.24, 2.45) is 0 Å². The van der Waals surface area contributed by atoms with Gasteiger partial charge >= 0.3 is 0 Å². The molecule has 0 radical (unpaired) electrons. The van der Waals surface area contributed by atoms with Gasteiger partial charge in [0, 0.05) is 7.05 Å². The molecule has 0 fully saturated rings. The molecular formula is C14H18N4O2. The maximum absolute atomic E-state index is 11.9. The van der Waals surface area contributed by atoms with Gasteiger partial charge < -0.3 is 9.64 Å². The summed E-state index contributed by atoms with van der Waals surface area (Å²) < 4.78 is 5.56. The van der Waals surface area contributed by atoms with E-state index in [1.165, 1.54) is 6.33 Å². The molecule has 20 heavy (non-hydrogen) atoms. The second-order valence-electron chi connectivity index (χ2n) is 4.60. The maximum atomic E-state index is 11.9. The van der Waals surface area contributed by atoms with Crippen LogP contribution in [0.5, 0.6) is 5.75 Å². The standard InChI is InChI=1S/C14H18N4O2/c1-11-4-3-5-12(8-11)20-7-6-14(19)18(2)9-13-15-10-16-17-13/h3-5,8,10H,6-7,9H2,1-2H3,(H,15,16,17). The predicted octanol–water partition coefficient (Wildman–Crippen LogP) is 1.54. The monoisotopic (exact) mass is 274 g/mol. The van der Waals surface area contributed by atoms with Crippen molar-refractivity contribution in [3.63, 3.8) is 0 Å². The number of carbonyl (C=O) groups excluding carboxylic acids is 1. The first-order valence-electron chi connectivity index (χ1n) is 6.43. The smallest absolute Gasteiger partial charge is 0.226 e. The highest BCUT2D eigenvalue weighted by Gasteiger charge is 2.10. The minimum atomic E-state index is 0.00838. The fourth-order valence-corrected chi connectivity index (χ4v) is 1.77. The van der Waals surface area contributed by atoms with Gasteiger partial charge in [0.1, 0.15) is 17.9 Å². The minimum absolute atomic E-state index is 0.00838. The molecule has 6 heteroatoms. The molecule has 0 bridgehead atoms. The van der Waals surface area contributed by atoms with Crippen LogP contribution in [-0.2, 0) is 11.3 Å². The van der Waals surface area contributed by atoms with Crippen molar-refractivity contribution in [2.75, 3.05) is 13.7 Å². The molecule has 0 saturated heterocycles. The third kappa shape index (κ3) is 4.08. The van der Waals surface area contributed by atoms with Crippen LogP contribution in [0.3, 0.4) is 0 Å². The maximum Gasteiger partial charge on any atom is 0.226 e. The molecule has 0 aliphatic carbocycles. The number of nitrogens with one attached hydrogen (secondary N) is 1. The van der Waals surface area contributed by atoms with Gasteiger partial charge in [-0.15, -0.1) is 0 Å². The number of ether oxygens (including phenoxy) is 1. The lowest BCUT2D eigenvalue weighted by Gasteiger charge is -2.15. The van der Waals surface area contributed by atoms with Crippen LogP contribution in [0.2, 0.25) is 0 Å². The number of aryl methyl sites for hydroxylation is 1. The molecule has 0 unspecified atom stereocenters. The highest BCUT2D eigenvalue weighted by molar-refractivity contribution is 5.75. The molecule has 0 saturated carbocycles. The van der Waals surface area contributed by atoms with E-state index in [1.807, 2.05) is 31.2 Å². The van der Waals surface area contributed by atoms with Crippen LogP contribution in [0, 0.1) is 6.92 Å². The summed E-state index contributed by atoms with van der Waals surface area (Å²) in [5, 5.41) is 6.47. The summed E-state index contributed by atoms with van der Waals surface area (Å²) in [6.45, 7) is 2.79. The van der Waals surface area contributed by atoms with Crippen molar-refractivity contribution < 1.29 is 9.53 Å². The molecule has 0 spiro atoms. The van der Waals surface area contributed by atoms with Gasteiger partial charge in [-0.25, -0.2) is 4.98 Å². The van der Waals surface area contributed by atoms with Crippen LogP contribution in [0.1, 0.15) is 17.8 Å². The molecule has 1 aromatic carbocycles. The molecule has 1 amide bonds. The molecule has 1 N–H and O–H groups in total. The first-order chi connectivity index (χ1) is 9.65. The van der Waals surface area contributed by atoms with E-state index in [1.54, 1.807) is 11.9 Å². The Morgan fingerprint density at radius 1 is 1.45 bits per heavy atom. The molecule has 0 atom stereocenters. The molecule has 1 heterocycles. The Bertz CT molecular complexity index is 554. The van der Waals surface area contributed by atoms with Gasteiger partial charge in [-0.2, -0.15) is 5.10 Å². The summed E-state index contributed by atoms with van der Waals surface area (Å²) >= 11 is 0. The lowest BCUT2D eigenvalue weighted by Crippen LogP contribution is -2.28. The van der Waals surface area contributed by atoms with E-state index in [9.17, 15) is 4.79 Å². The SMILES string of the molecule is Cc1cccc(OCCC(=O)N(C)Cc2ncn[nH]2)c1. The van der Waals surface area contributed by atoms with Crippen molar-refractivity contribution >= 4 is 5.91 Å². The quantitative estimate of drug-likeness (QED) is 0.867. The zero-order valence-electron chi connectivity index (χ0n) is 11.7. The van der Waals surface area contributed by atoms with Gasteiger partial charge in [0.2, 0.25) is 5.91 Å². The van der Waals surface area contributed by atoms with Crippen LogP contribution in [0.15, 0.2) is 30.6 Å². The Hall–Kier alpha value is -2.37. The molecule has 6 nitrogen and oxygen atoms in total. The van der Waals surface area contributed by atoms with Gasteiger partial charge in [-0.3, -0.25) is 9.89 Å².